The number of aryl methyl sites for hydroxylation is 1. The maximum Gasteiger partial charge on any atom is 0.118 e. The molecule has 0 spiro atoms. The SMILES string of the molecule is CNCc1cc(CN2CCCCCCC2)oc1C. The third-order valence-corrected chi connectivity index (χ3v) is 3.77. The smallest absolute Gasteiger partial charge is 0.118 e. The average Bonchev–Trinajstić information content (AvgIpc) is 2.64. The van der Waals surface area contributed by atoms with E-state index in [-0.39, 0.29) is 0 Å². The lowest BCUT2D eigenvalue weighted by Gasteiger charge is -2.23. The first-order valence-electron chi connectivity index (χ1n) is 7.24. The number of likely N-dealkylation sites (tertiary alicyclic amines) is 1. The Labute approximate surface area is 111 Å². The van der Waals surface area contributed by atoms with Gasteiger partial charge in [-0.1, -0.05) is 19.3 Å². The Balaban J connectivity index is 1.92. The summed E-state index contributed by atoms with van der Waals surface area (Å²) in [5, 5.41) is 3.19. The van der Waals surface area contributed by atoms with Crippen molar-refractivity contribution in [1.29, 1.82) is 0 Å². The Morgan fingerprint density at radius 1 is 1.17 bits per heavy atom. The molecule has 0 amide bonds. The molecule has 18 heavy (non-hydrogen) atoms. The molecule has 102 valence electrons. The van der Waals surface area contributed by atoms with Gasteiger partial charge in [0.1, 0.15) is 11.5 Å². The molecule has 3 heteroatoms. The van der Waals surface area contributed by atoms with E-state index >= 15 is 0 Å². The van der Waals surface area contributed by atoms with Gasteiger partial charge in [-0.2, -0.15) is 0 Å². The van der Waals surface area contributed by atoms with Crippen LogP contribution in [0.4, 0.5) is 0 Å². The number of furan rings is 1. The summed E-state index contributed by atoms with van der Waals surface area (Å²) in [6.45, 7) is 6.38. The van der Waals surface area contributed by atoms with Gasteiger partial charge < -0.3 is 9.73 Å². The molecule has 0 aliphatic carbocycles. The minimum Gasteiger partial charge on any atom is -0.465 e. The second kappa shape index (κ2) is 6.95. The molecule has 1 N–H and O–H groups in total. The van der Waals surface area contributed by atoms with Crippen molar-refractivity contribution >= 4 is 0 Å². The van der Waals surface area contributed by atoms with Crippen molar-refractivity contribution in [3.8, 4) is 0 Å². The normalized spacial score (nSPS) is 18.6. The van der Waals surface area contributed by atoms with Crippen LogP contribution in [0.25, 0.3) is 0 Å². The molecule has 0 aromatic carbocycles. The van der Waals surface area contributed by atoms with Gasteiger partial charge >= 0.3 is 0 Å². The number of nitrogens with zero attached hydrogens (tertiary/aromatic N) is 1. The summed E-state index contributed by atoms with van der Waals surface area (Å²) in [7, 11) is 1.98. The molecule has 1 aromatic rings. The first-order chi connectivity index (χ1) is 8.79. The average molecular weight is 250 g/mol. The number of rotatable bonds is 4. The molecule has 1 fully saturated rings. The van der Waals surface area contributed by atoms with Gasteiger partial charge in [-0.05, 0) is 46.0 Å². The van der Waals surface area contributed by atoms with Crippen LogP contribution in [0.15, 0.2) is 10.5 Å². The molecule has 1 saturated heterocycles. The highest BCUT2D eigenvalue weighted by atomic mass is 16.3. The fourth-order valence-electron chi connectivity index (χ4n) is 2.72. The summed E-state index contributed by atoms with van der Waals surface area (Å²) in [6.07, 6.45) is 6.86. The Bertz CT molecular complexity index is 351. The van der Waals surface area contributed by atoms with Crippen molar-refractivity contribution in [3.05, 3.63) is 23.2 Å². The van der Waals surface area contributed by atoms with Gasteiger partial charge in [0.25, 0.3) is 0 Å². The minimum absolute atomic E-state index is 0.898. The Hall–Kier alpha value is -0.800. The van der Waals surface area contributed by atoms with Crippen LogP contribution < -0.4 is 5.32 Å². The van der Waals surface area contributed by atoms with Crippen molar-refractivity contribution < 1.29 is 4.42 Å². The van der Waals surface area contributed by atoms with E-state index in [1.54, 1.807) is 0 Å². The zero-order valence-corrected chi connectivity index (χ0v) is 11.8. The van der Waals surface area contributed by atoms with Crippen molar-refractivity contribution in [2.75, 3.05) is 20.1 Å². The van der Waals surface area contributed by atoms with Gasteiger partial charge in [-0.3, -0.25) is 4.90 Å². The fourth-order valence-corrected chi connectivity index (χ4v) is 2.72. The topological polar surface area (TPSA) is 28.4 Å². The van der Waals surface area contributed by atoms with Crippen LogP contribution in [0.5, 0.6) is 0 Å². The summed E-state index contributed by atoms with van der Waals surface area (Å²) in [5.41, 5.74) is 1.29. The van der Waals surface area contributed by atoms with E-state index in [0.29, 0.717) is 0 Å². The number of nitrogens with one attached hydrogen (secondary N) is 1. The quantitative estimate of drug-likeness (QED) is 0.890. The molecular formula is C15H26N2O. The molecule has 1 aliphatic rings. The fraction of sp³-hybridized carbons (Fsp3) is 0.733. The van der Waals surface area contributed by atoms with Crippen molar-refractivity contribution in [1.82, 2.24) is 10.2 Å². The summed E-state index contributed by atoms with van der Waals surface area (Å²) < 4.78 is 5.86. The Morgan fingerprint density at radius 2 is 1.83 bits per heavy atom. The second-order valence-electron chi connectivity index (χ2n) is 5.37. The van der Waals surface area contributed by atoms with Crippen LogP contribution >= 0.6 is 0 Å². The summed E-state index contributed by atoms with van der Waals surface area (Å²) >= 11 is 0. The Kier molecular flexibility index (Phi) is 5.26. The molecule has 1 aromatic heterocycles. The third-order valence-electron chi connectivity index (χ3n) is 3.77. The van der Waals surface area contributed by atoms with E-state index in [1.807, 2.05) is 7.05 Å². The molecule has 2 heterocycles. The lowest BCUT2D eigenvalue weighted by Crippen LogP contribution is -2.26. The highest BCUT2D eigenvalue weighted by Crippen LogP contribution is 2.18. The summed E-state index contributed by atoms with van der Waals surface area (Å²) in [4.78, 5) is 2.54. The minimum atomic E-state index is 0.898. The van der Waals surface area contributed by atoms with Crippen molar-refractivity contribution in [2.45, 2.75) is 52.1 Å². The molecule has 3 nitrogen and oxygen atoms in total. The summed E-state index contributed by atoms with van der Waals surface area (Å²) in [5.74, 6) is 2.18. The molecule has 0 saturated carbocycles. The van der Waals surface area contributed by atoms with E-state index in [1.165, 1.54) is 50.8 Å². The van der Waals surface area contributed by atoms with Gasteiger partial charge in [0, 0.05) is 12.1 Å². The first-order valence-corrected chi connectivity index (χ1v) is 7.24. The lowest BCUT2D eigenvalue weighted by molar-refractivity contribution is 0.221. The number of hydrogen-bond donors (Lipinski definition) is 1. The van der Waals surface area contributed by atoms with Gasteiger partial charge in [-0.25, -0.2) is 0 Å². The highest BCUT2D eigenvalue weighted by Gasteiger charge is 2.12. The summed E-state index contributed by atoms with van der Waals surface area (Å²) in [6, 6.07) is 2.21. The molecule has 0 bridgehead atoms. The maximum absolute atomic E-state index is 5.86. The van der Waals surface area contributed by atoms with E-state index in [2.05, 4.69) is 23.2 Å². The van der Waals surface area contributed by atoms with Crippen LogP contribution in [-0.4, -0.2) is 25.0 Å². The van der Waals surface area contributed by atoms with Gasteiger partial charge in [-0.15, -0.1) is 0 Å². The first kappa shape index (κ1) is 13.6. The molecular weight excluding hydrogens is 224 g/mol. The van der Waals surface area contributed by atoms with E-state index < -0.39 is 0 Å². The zero-order valence-electron chi connectivity index (χ0n) is 11.8. The third kappa shape index (κ3) is 3.85. The molecule has 0 radical (unpaired) electrons. The zero-order chi connectivity index (χ0) is 12.8. The van der Waals surface area contributed by atoms with Crippen LogP contribution in [0.1, 0.15) is 49.2 Å². The van der Waals surface area contributed by atoms with Gasteiger partial charge in [0.05, 0.1) is 6.54 Å². The monoisotopic (exact) mass is 250 g/mol. The van der Waals surface area contributed by atoms with Crippen LogP contribution in [0.2, 0.25) is 0 Å². The molecule has 1 aliphatic heterocycles. The van der Waals surface area contributed by atoms with Crippen LogP contribution in [0.3, 0.4) is 0 Å². The highest BCUT2D eigenvalue weighted by molar-refractivity contribution is 5.20. The molecule has 0 atom stereocenters. The predicted octanol–water partition coefficient (Wildman–Crippen LogP) is 3.07. The van der Waals surface area contributed by atoms with Crippen molar-refractivity contribution in [2.24, 2.45) is 0 Å². The largest absolute Gasteiger partial charge is 0.465 e. The van der Waals surface area contributed by atoms with Crippen LogP contribution in [-0.2, 0) is 13.1 Å². The maximum atomic E-state index is 5.86. The molecule has 2 rings (SSSR count). The Morgan fingerprint density at radius 3 is 2.50 bits per heavy atom. The van der Waals surface area contributed by atoms with Gasteiger partial charge in [0.15, 0.2) is 0 Å². The van der Waals surface area contributed by atoms with Crippen LogP contribution in [0, 0.1) is 6.92 Å². The predicted molar refractivity (Wildman–Crippen MR) is 74.6 cm³/mol. The van der Waals surface area contributed by atoms with Gasteiger partial charge in [0.2, 0.25) is 0 Å². The lowest BCUT2D eigenvalue weighted by atomic mass is 10.1. The standard InChI is InChI=1S/C15H26N2O/c1-13-14(11-16-2)10-15(18-13)12-17-8-6-4-3-5-7-9-17/h10,16H,3-9,11-12H2,1-2H3. The molecule has 0 unspecified atom stereocenters. The van der Waals surface area contributed by atoms with Crippen molar-refractivity contribution in [3.63, 3.8) is 0 Å². The van der Waals surface area contributed by atoms with E-state index in [4.69, 9.17) is 4.42 Å². The van der Waals surface area contributed by atoms with E-state index in [9.17, 15) is 0 Å². The van der Waals surface area contributed by atoms with E-state index in [0.717, 1.165) is 24.6 Å². The number of hydrogen-bond acceptors (Lipinski definition) is 3. The second-order valence-corrected chi connectivity index (χ2v) is 5.37.